The van der Waals surface area contributed by atoms with Gasteiger partial charge in [0, 0.05) is 39.3 Å². The van der Waals surface area contributed by atoms with E-state index in [4.69, 9.17) is 4.74 Å². The van der Waals surface area contributed by atoms with Crippen LogP contribution in [0.15, 0.2) is 23.1 Å². The van der Waals surface area contributed by atoms with Crippen LogP contribution in [0.3, 0.4) is 0 Å². The van der Waals surface area contributed by atoms with Gasteiger partial charge in [-0.1, -0.05) is 12.1 Å². The van der Waals surface area contributed by atoms with E-state index in [2.05, 4.69) is 0 Å². The number of hydrogen-bond donors (Lipinski definition) is 0. The van der Waals surface area contributed by atoms with Gasteiger partial charge in [-0.2, -0.15) is 4.31 Å². The molecule has 28 heavy (non-hydrogen) atoms. The second-order valence-electron chi connectivity index (χ2n) is 8.01. The van der Waals surface area contributed by atoms with Crippen molar-refractivity contribution in [1.82, 2.24) is 14.1 Å². The maximum Gasteiger partial charge on any atom is 0.243 e. The fourth-order valence-corrected chi connectivity index (χ4v) is 5.66. The fourth-order valence-electron chi connectivity index (χ4n) is 3.93. The Morgan fingerprint density at radius 1 is 1.07 bits per heavy atom. The largest absolute Gasteiger partial charge is 0.372 e. The molecule has 0 spiro atoms. The van der Waals surface area contributed by atoms with Crippen LogP contribution in [0.4, 0.5) is 0 Å². The summed E-state index contributed by atoms with van der Waals surface area (Å²) in [6, 6.07) is 5.51. The molecule has 0 bridgehead atoms. The summed E-state index contributed by atoms with van der Waals surface area (Å²) in [5.41, 5.74) is 1.70. The van der Waals surface area contributed by atoms with Crippen molar-refractivity contribution >= 4 is 15.9 Å². The molecule has 2 atom stereocenters. The lowest BCUT2D eigenvalue weighted by molar-refractivity contribution is -0.144. The van der Waals surface area contributed by atoms with Gasteiger partial charge in [-0.3, -0.25) is 9.69 Å². The van der Waals surface area contributed by atoms with E-state index >= 15 is 0 Å². The van der Waals surface area contributed by atoms with Gasteiger partial charge in [0.15, 0.2) is 0 Å². The summed E-state index contributed by atoms with van der Waals surface area (Å²) < 4.78 is 33.3. The van der Waals surface area contributed by atoms with Crippen LogP contribution in [0.2, 0.25) is 0 Å². The van der Waals surface area contributed by atoms with E-state index in [1.54, 1.807) is 6.07 Å². The van der Waals surface area contributed by atoms with E-state index < -0.39 is 10.0 Å². The number of carbonyl (C=O) groups is 1. The zero-order chi connectivity index (χ0) is 20.5. The number of ether oxygens (including phenoxy) is 1. The number of carbonyl (C=O) groups excluding carboxylic acids is 1. The van der Waals surface area contributed by atoms with Gasteiger partial charge in [0.1, 0.15) is 0 Å². The van der Waals surface area contributed by atoms with E-state index in [1.807, 2.05) is 49.6 Å². The van der Waals surface area contributed by atoms with Crippen LogP contribution in [0.1, 0.15) is 25.0 Å². The molecule has 0 radical (unpaired) electrons. The minimum atomic E-state index is -3.51. The topological polar surface area (TPSA) is 70.2 Å². The first-order valence-electron chi connectivity index (χ1n) is 9.90. The Balaban J connectivity index is 1.58. The van der Waals surface area contributed by atoms with E-state index in [1.165, 1.54) is 4.31 Å². The molecule has 3 rings (SSSR count). The SMILES string of the molecule is Cc1ccc(C)c(S(=O)(=O)N2CCN(CC(=O)N3C[C@H](C)O[C@@H](C)C3)CC2)c1. The third kappa shape index (κ3) is 4.74. The summed E-state index contributed by atoms with van der Waals surface area (Å²) in [4.78, 5) is 16.9. The van der Waals surface area contributed by atoms with Crippen LogP contribution in [-0.2, 0) is 19.6 Å². The highest BCUT2D eigenvalue weighted by atomic mass is 32.2. The molecule has 0 aliphatic carbocycles. The Labute approximate surface area is 168 Å². The second kappa shape index (κ2) is 8.49. The van der Waals surface area contributed by atoms with Crippen LogP contribution < -0.4 is 0 Å². The standard InChI is InChI=1S/C20H31N3O4S/c1-15-5-6-16(2)19(11-15)28(25,26)23-9-7-21(8-10-23)14-20(24)22-12-17(3)27-18(4)13-22/h5-6,11,17-18H,7-10,12-14H2,1-4H3/t17-,18-/m0/s1. The summed E-state index contributed by atoms with van der Waals surface area (Å²) in [6.45, 7) is 11.2. The van der Waals surface area contributed by atoms with Crippen molar-refractivity contribution in [1.29, 1.82) is 0 Å². The Morgan fingerprint density at radius 3 is 2.29 bits per heavy atom. The molecule has 1 aromatic rings. The van der Waals surface area contributed by atoms with E-state index in [9.17, 15) is 13.2 Å². The summed E-state index contributed by atoms with van der Waals surface area (Å²) in [7, 11) is -3.51. The van der Waals surface area contributed by atoms with Gasteiger partial charge in [0.25, 0.3) is 0 Å². The van der Waals surface area contributed by atoms with E-state index in [0.29, 0.717) is 50.7 Å². The maximum absolute atomic E-state index is 13.0. The lowest BCUT2D eigenvalue weighted by atomic mass is 10.2. The van der Waals surface area contributed by atoms with Crippen molar-refractivity contribution in [2.24, 2.45) is 0 Å². The van der Waals surface area contributed by atoms with Gasteiger partial charge in [0.2, 0.25) is 15.9 Å². The molecule has 7 nitrogen and oxygen atoms in total. The number of hydrogen-bond acceptors (Lipinski definition) is 5. The Hall–Kier alpha value is -1.48. The average Bonchev–Trinajstić information content (AvgIpc) is 2.63. The second-order valence-corrected chi connectivity index (χ2v) is 9.91. The Kier molecular flexibility index (Phi) is 6.44. The van der Waals surface area contributed by atoms with Crippen molar-refractivity contribution in [2.45, 2.75) is 44.8 Å². The van der Waals surface area contributed by atoms with Crippen molar-refractivity contribution in [2.75, 3.05) is 45.8 Å². The van der Waals surface area contributed by atoms with E-state index in [-0.39, 0.29) is 18.1 Å². The van der Waals surface area contributed by atoms with Gasteiger partial charge < -0.3 is 9.64 Å². The average molecular weight is 410 g/mol. The summed E-state index contributed by atoms with van der Waals surface area (Å²) in [5.74, 6) is 0.0906. The van der Waals surface area contributed by atoms with Crippen molar-refractivity contribution in [3.63, 3.8) is 0 Å². The predicted octanol–water partition coefficient (Wildman–Crippen LogP) is 1.25. The van der Waals surface area contributed by atoms with Crippen molar-refractivity contribution < 1.29 is 17.9 Å². The molecule has 2 aliphatic heterocycles. The molecule has 0 aromatic heterocycles. The first-order chi connectivity index (χ1) is 13.2. The first kappa shape index (κ1) is 21.2. The van der Waals surface area contributed by atoms with Crippen LogP contribution >= 0.6 is 0 Å². The van der Waals surface area contributed by atoms with E-state index in [0.717, 1.165) is 11.1 Å². The molecule has 1 aromatic carbocycles. The number of nitrogens with zero attached hydrogens (tertiary/aromatic N) is 3. The first-order valence-corrected chi connectivity index (χ1v) is 11.3. The highest BCUT2D eigenvalue weighted by Crippen LogP contribution is 2.22. The smallest absolute Gasteiger partial charge is 0.243 e. The molecule has 0 saturated carbocycles. The Morgan fingerprint density at radius 2 is 1.68 bits per heavy atom. The highest BCUT2D eigenvalue weighted by molar-refractivity contribution is 7.89. The zero-order valence-corrected chi connectivity index (χ0v) is 18.0. The quantitative estimate of drug-likeness (QED) is 0.749. The molecule has 156 valence electrons. The molecule has 2 heterocycles. The fraction of sp³-hybridized carbons (Fsp3) is 0.650. The monoisotopic (exact) mass is 409 g/mol. The Bertz CT molecular complexity index is 809. The molecule has 1 amide bonds. The summed E-state index contributed by atoms with van der Waals surface area (Å²) in [6.07, 6.45) is 0.0968. The van der Waals surface area contributed by atoms with Gasteiger partial charge in [-0.25, -0.2) is 8.42 Å². The molecule has 0 N–H and O–H groups in total. The molecule has 0 unspecified atom stereocenters. The third-order valence-corrected chi connectivity index (χ3v) is 7.46. The van der Waals surface area contributed by atoms with Gasteiger partial charge in [0.05, 0.1) is 23.6 Å². The van der Waals surface area contributed by atoms with Gasteiger partial charge in [-0.05, 0) is 44.9 Å². The molecule has 2 aliphatic rings. The highest BCUT2D eigenvalue weighted by Gasteiger charge is 2.32. The molecular weight excluding hydrogens is 378 g/mol. The number of benzene rings is 1. The molecular formula is C20H31N3O4S. The number of rotatable bonds is 4. The van der Waals surface area contributed by atoms with Crippen LogP contribution in [0, 0.1) is 13.8 Å². The van der Waals surface area contributed by atoms with Crippen LogP contribution in [-0.4, -0.2) is 86.5 Å². The lowest BCUT2D eigenvalue weighted by Gasteiger charge is -2.38. The maximum atomic E-state index is 13.0. The van der Waals surface area contributed by atoms with Gasteiger partial charge in [-0.15, -0.1) is 0 Å². The van der Waals surface area contributed by atoms with Crippen LogP contribution in [0.25, 0.3) is 0 Å². The van der Waals surface area contributed by atoms with Crippen molar-refractivity contribution in [3.05, 3.63) is 29.3 Å². The third-order valence-electron chi connectivity index (χ3n) is 5.42. The van der Waals surface area contributed by atoms with Crippen LogP contribution in [0.5, 0.6) is 0 Å². The predicted molar refractivity (Wildman–Crippen MR) is 108 cm³/mol. The number of morpholine rings is 1. The lowest BCUT2D eigenvalue weighted by Crippen LogP contribution is -2.54. The number of amides is 1. The minimum absolute atomic E-state index is 0.0484. The van der Waals surface area contributed by atoms with Gasteiger partial charge >= 0.3 is 0 Å². The summed E-state index contributed by atoms with van der Waals surface area (Å²) in [5, 5.41) is 0. The zero-order valence-electron chi connectivity index (χ0n) is 17.2. The minimum Gasteiger partial charge on any atom is -0.372 e. The normalized spacial score (nSPS) is 25.1. The number of sulfonamides is 1. The molecule has 8 heteroatoms. The molecule has 2 fully saturated rings. The number of piperazine rings is 1. The number of aryl methyl sites for hydroxylation is 2. The molecule has 2 saturated heterocycles. The van der Waals surface area contributed by atoms with Crippen molar-refractivity contribution in [3.8, 4) is 0 Å². The summed E-state index contributed by atoms with van der Waals surface area (Å²) >= 11 is 0.